The lowest BCUT2D eigenvalue weighted by Crippen LogP contribution is -2.35. The van der Waals surface area contributed by atoms with E-state index in [9.17, 15) is 13.6 Å². The van der Waals surface area contributed by atoms with E-state index in [-0.39, 0.29) is 11.5 Å². The Kier molecular flexibility index (Phi) is 5.14. The topological polar surface area (TPSA) is 70.6 Å². The average Bonchev–Trinajstić information content (AvgIpc) is 2.53. The summed E-state index contributed by atoms with van der Waals surface area (Å²) < 4.78 is 28.4. The van der Waals surface area contributed by atoms with E-state index in [2.05, 4.69) is 22.2 Å². The van der Waals surface area contributed by atoms with Crippen LogP contribution in [0.4, 0.5) is 8.78 Å². The Hall–Kier alpha value is -3.09. The molecular weight excluding hydrogens is 306 g/mol. The highest BCUT2D eigenvalue weighted by atomic mass is 19.3. The highest BCUT2D eigenvalue weighted by molar-refractivity contribution is 5.94. The fourth-order valence-electron chi connectivity index (χ4n) is 1.73. The molecule has 2 rings (SSSR count). The number of hydrogen-bond donors (Lipinski definition) is 3. The van der Waals surface area contributed by atoms with E-state index in [1.807, 2.05) is 0 Å². The quantitative estimate of drug-likeness (QED) is 0.716. The molecule has 0 aliphatic heterocycles. The van der Waals surface area contributed by atoms with E-state index in [1.165, 1.54) is 48.5 Å². The van der Waals surface area contributed by atoms with Crippen LogP contribution in [0.2, 0.25) is 0 Å². The van der Waals surface area contributed by atoms with Crippen LogP contribution in [-0.2, 0) is 0 Å². The van der Waals surface area contributed by atoms with Gasteiger partial charge in [-0.25, -0.2) is 0 Å². The van der Waals surface area contributed by atoms with Crippen molar-refractivity contribution >= 4 is 11.6 Å². The summed E-state index contributed by atoms with van der Waals surface area (Å²) in [7, 11) is 0. The molecule has 0 saturated heterocycles. The molecule has 5 nitrogen and oxygen atoms in total. The summed E-state index contributed by atoms with van der Waals surface area (Å²) in [6.07, 6.45) is 0. The second kappa shape index (κ2) is 7.26. The van der Waals surface area contributed by atoms with Crippen molar-refractivity contribution in [3.8, 4) is 11.5 Å². The number of benzene rings is 2. The van der Waals surface area contributed by atoms with Crippen molar-refractivity contribution in [1.29, 1.82) is 0 Å². The molecule has 0 saturated carbocycles. The third-order valence-electron chi connectivity index (χ3n) is 2.88. The number of ether oxygens (including phenoxy) is 1. The predicted molar refractivity (Wildman–Crippen MR) is 80.8 cm³/mol. The Balaban J connectivity index is 1.91. The number of aromatic hydroxyl groups is 1. The van der Waals surface area contributed by atoms with Crippen molar-refractivity contribution in [1.82, 2.24) is 10.9 Å². The molecule has 0 spiro atoms. The molecule has 3 N–H and O–H groups in total. The van der Waals surface area contributed by atoms with Crippen LogP contribution in [0.25, 0.3) is 5.70 Å². The Morgan fingerprint density at radius 2 is 1.57 bits per heavy atom. The van der Waals surface area contributed by atoms with Crippen molar-refractivity contribution in [3.63, 3.8) is 0 Å². The minimum atomic E-state index is -2.88. The van der Waals surface area contributed by atoms with Gasteiger partial charge in [-0.2, -0.15) is 8.78 Å². The third kappa shape index (κ3) is 4.70. The second-order valence-electron chi connectivity index (χ2n) is 4.51. The van der Waals surface area contributed by atoms with Gasteiger partial charge in [-0.05, 0) is 54.1 Å². The third-order valence-corrected chi connectivity index (χ3v) is 2.88. The Bertz CT molecular complexity index is 685. The number of phenols is 1. The van der Waals surface area contributed by atoms with Crippen molar-refractivity contribution in [2.75, 3.05) is 0 Å². The lowest BCUT2D eigenvalue weighted by atomic mass is 10.2. The van der Waals surface area contributed by atoms with Crippen molar-refractivity contribution in [3.05, 3.63) is 66.2 Å². The van der Waals surface area contributed by atoms with Crippen LogP contribution in [0.3, 0.4) is 0 Å². The van der Waals surface area contributed by atoms with Crippen LogP contribution >= 0.6 is 0 Å². The summed E-state index contributed by atoms with van der Waals surface area (Å²) in [6.45, 7) is 0.858. The van der Waals surface area contributed by atoms with E-state index in [4.69, 9.17) is 5.11 Å². The zero-order valence-electron chi connectivity index (χ0n) is 11.9. The maximum absolute atomic E-state index is 12.1. The van der Waals surface area contributed by atoms with Crippen LogP contribution in [0.15, 0.2) is 55.1 Å². The number of phenolic OH excluding ortho intramolecular Hbond substituents is 1. The zero-order chi connectivity index (χ0) is 16.8. The molecule has 0 atom stereocenters. The lowest BCUT2D eigenvalue weighted by molar-refractivity contribution is -0.0498. The van der Waals surface area contributed by atoms with Gasteiger partial charge in [0.05, 0.1) is 5.70 Å². The van der Waals surface area contributed by atoms with Gasteiger partial charge in [0.1, 0.15) is 11.5 Å². The van der Waals surface area contributed by atoms with Gasteiger partial charge in [-0.15, -0.1) is 0 Å². The van der Waals surface area contributed by atoms with Gasteiger partial charge in [0, 0.05) is 5.56 Å². The zero-order valence-corrected chi connectivity index (χ0v) is 11.9. The van der Waals surface area contributed by atoms with Crippen LogP contribution in [0, 0.1) is 0 Å². The van der Waals surface area contributed by atoms with E-state index >= 15 is 0 Å². The monoisotopic (exact) mass is 320 g/mol. The number of amides is 1. The van der Waals surface area contributed by atoms with Gasteiger partial charge < -0.3 is 9.84 Å². The Morgan fingerprint density at radius 3 is 2.13 bits per heavy atom. The Labute approximate surface area is 131 Å². The molecule has 0 bridgehead atoms. The predicted octanol–water partition coefficient (Wildman–Crippen LogP) is 2.90. The number of carbonyl (C=O) groups is 1. The summed E-state index contributed by atoms with van der Waals surface area (Å²) in [5.74, 6) is -0.321. The molecule has 2 aromatic rings. The molecule has 0 radical (unpaired) electrons. The minimum absolute atomic E-state index is 0.0321. The first-order valence-electron chi connectivity index (χ1n) is 6.55. The molecule has 0 heterocycles. The van der Waals surface area contributed by atoms with Gasteiger partial charge in [-0.3, -0.25) is 15.6 Å². The first-order valence-corrected chi connectivity index (χ1v) is 6.55. The normalized spacial score (nSPS) is 10.2. The van der Waals surface area contributed by atoms with E-state index < -0.39 is 12.5 Å². The minimum Gasteiger partial charge on any atom is -0.508 e. The highest BCUT2D eigenvalue weighted by Gasteiger charge is 2.07. The number of hydrogen-bond acceptors (Lipinski definition) is 4. The van der Waals surface area contributed by atoms with Crippen LogP contribution < -0.4 is 15.6 Å². The molecule has 0 fully saturated rings. The van der Waals surface area contributed by atoms with E-state index in [0.717, 1.165) is 0 Å². The molecule has 0 aliphatic rings. The lowest BCUT2D eigenvalue weighted by Gasteiger charge is -2.12. The average molecular weight is 320 g/mol. The SMILES string of the molecule is C=C(NNC(=O)c1ccc(O)cc1)c1ccc(OC(F)F)cc1. The molecule has 1 amide bonds. The maximum Gasteiger partial charge on any atom is 0.387 e. The summed E-state index contributed by atoms with van der Waals surface area (Å²) in [5.41, 5.74) is 6.39. The molecule has 0 aliphatic carbocycles. The summed E-state index contributed by atoms with van der Waals surface area (Å²) in [5, 5.41) is 9.16. The molecule has 0 aromatic heterocycles. The first-order chi connectivity index (χ1) is 11.0. The number of rotatable bonds is 6. The van der Waals surface area contributed by atoms with Gasteiger partial charge in [0.15, 0.2) is 0 Å². The first kappa shape index (κ1) is 16.3. The molecule has 2 aromatic carbocycles. The summed E-state index contributed by atoms with van der Waals surface area (Å²) in [4.78, 5) is 11.9. The van der Waals surface area contributed by atoms with Crippen molar-refractivity contribution in [2.24, 2.45) is 0 Å². The van der Waals surface area contributed by atoms with Crippen LogP contribution in [-0.4, -0.2) is 17.6 Å². The van der Waals surface area contributed by atoms with Crippen molar-refractivity contribution in [2.45, 2.75) is 6.61 Å². The van der Waals surface area contributed by atoms with Crippen LogP contribution in [0.5, 0.6) is 11.5 Å². The molecule has 7 heteroatoms. The van der Waals surface area contributed by atoms with E-state index in [0.29, 0.717) is 16.8 Å². The largest absolute Gasteiger partial charge is 0.508 e. The van der Waals surface area contributed by atoms with Crippen molar-refractivity contribution < 1.29 is 23.4 Å². The number of hydrazine groups is 1. The fraction of sp³-hybridized carbons (Fsp3) is 0.0625. The second-order valence-corrected chi connectivity index (χ2v) is 4.51. The highest BCUT2D eigenvalue weighted by Crippen LogP contribution is 2.17. The summed E-state index contributed by atoms with van der Waals surface area (Å²) in [6, 6.07) is 11.5. The smallest absolute Gasteiger partial charge is 0.387 e. The number of halogens is 2. The van der Waals surface area contributed by atoms with E-state index in [1.54, 1.807) is 0 Å². The number of nitrogens with one attached hydrogen (secondary N) is 2. The van der Waals surface area contributed by atoms with Gasteiger partial charge in [0.2, 0.25) is 0 Å². The number of carbonyl (C=O) groups excluding carboxylic acids is 1. The van der Waals surface area contributed by atoms with Gasteiger partial charge >= 0.3 is 6.61 Å². The maximum atomic E-state index is 12.1. The van der Waals surface area contributed by atoms with Gasteiger partial charge in [-0.1, -0.05) is 6.58 Å². The molecular formula is C16H14F2N2O3. The molecule has 120 valence electrons. The Morgan fingerprint density at radius 1 is 1.00 bits per heavy atom. The van der Waals surface area contributed by atoms with Gasteiger partial charge in [0.25, 0.3) is 5.91 Å². The fourth-order valence-corrected chi connectivity index (χ4v) is 1.73. The molecule has 23 heavy (non-hydrogen) atoms. The standard InChI is InChI=1S/C16H14F2N2O3/c1-10(11-4-8-14(9-5-11)23-16(17)18)19-20-15(22)12-2-6-13(21)7-3-12/h2-9,16,19,21H,1H2,(H,20,22). The summed E-state index contributed by atoms with van der Waals surface area (Å²) >= 11 is 0. The van der Waals surface area contributed by atoms with Crippen LogP contribution in [0.1, 0.15) is 15.9 Å². The number of alkyl halides is 2. The molecule has 0 unspecified atom stereocenters.